The summed E-state index contributed by atoms with van der Waals surface area (Å²) in [6, 6.07) is 1.53. The van der Waals surface area contributed by atoms with Crippen molar-refractivity contribution in [1.29, 1.82) is 0 Å². The topological polar surface area (TPSA) is 40.6 Å². The molecule has 17 heavy (non-hydrogen) atoms. The van der Waals surface area contributed by atoms with Gasteiger partial charge < -0.3 is 4.90 Å². The van der Waals surface area contributed by atoms with E-state index in [0.717, 1.165) is 18.4 Å². The molecule has 2 aliphatic rings. The van der Waals surface area contributed by atoms with Crippen molar-refractivity contribution in [2.75, 3.05) is 13.1 Å². The third kappa shape index (κ3) is 1.42. The summed E-state index contributed by atoms with van der Waals surface area (Å²) in [4.78, 5) is 28.7. The van der Waals surface area contributed by atoms with Crippen LogP contribution in [-0.4, -0.2) is 34.8 Å². The number of carbonyl (C=O) groups excluding carboxylic acids is 2. The Kier molecular flexibility index (Phi) is 2.43. The van der Waals surface area contributed by atoms with Crippen molar-refractivity contribution >= 4 is 23.3 Å². The number of hydrogen-bond donors (Lipinski definition) is 0. The highest BCUT2D eigenvalue weighted by atomic mass is 32.1. The van der Waals surface area contributed by atoms with Crippen molar-refractivity contribution in [3.8, 4) is 0 Å². The summed E-state index contributed by atoms with van der Waals surface area (Å²) in [6.45, 7) is 3.18. The molecule has 3 heterocycles. The van der Waals surface area contributed by atoms with Crippen molar-refractivity contribution in [2.45, 2.75) is 25.8 Å². The van der Waals surface area contributed by atoms with Gasteiger partial charge in [0.2, 0.25) is 0 Å². The predicted octanol–water partition coefficient (Wildman–Crippen LogP) is 2.02. The fraction of sp³-hybridized carbons (Fsp3) is 0.500. The van der Waals surface area contributed by atoms with Crippen LogP contribution in [0.4, 0.5) is 4.79 Å². The van der Waals surface area contributed by atoms with Crippen molar-refractivity contribution in [2.24, 2.45) is 0 Å². The van der Waals surface area contributed by atoms with Crippen LogP contribution in [0, 0.1) is 0 Å². The Morgan fingerprint density at radius 2 is 2.29 bits per heavy atom. The van der Waals surface area contributed by atoms with E-state index in [2.05, 4.69) is 0 Å². The molecule has 5 heteroatoms. The van der Waals surface area contributed by atoms with Crippen molar-refractivity contribution in [1.82, 2.24) is 9.80 Å². The second-order valence-electron chi connectivity index (χ2n) is 4.42. The molecule has 0 saturated carbocycles. The lowest BCUT2D eigenvalue weighted by Crippen LogP contribution is -2.36. The molecule has 1 aromatic rings. The molecule has 3 amide bonds. The third-order valence-electron chi connectivity index (χ3n) is 3.39. The number of thiophene rings is 1. The molecule has 1 unspecified atom stereocenters. The lowest BCUT2D eigenvalue weighted by atomic mass is 10.0. The molecule has 2 aliphatic heterocycles. The van der Waals surface area contributed by atoms with Gasteiger partial charge in [-0.15, -0.1) is 11.3 Å². The van der Waals surface area contributed by atoms with Crippen LogP contribution in [0.5, 0.6) is 0 Å². The molecule has 3 rings (SSSR count). The predicted molar refractivity (Wildman–Crippen MR) is 64.9 cm³/mol. The number of urea groups is 1. The Balaban J connectivity index is 2.00. The molecule has 0 N–H and O–H groups in total. The molecule has 1 aromatic heterocycles. The maximum Gasteiger partial charge on any atom is 0.327 e. The van der Waals surface area contributed by atoms with Crippen molar-refractivity contribution < 1.29 is 9.59 Å². The minimum absolute atomic E-state index is 0.0452. The fourth-order valence-corrected chi connectivity index (χ4v) is 3.52. The van der Waals surface area contributed by atoms with Gasteiger partial charge in [0.25, 0.3) is 5.91 Å². The van der Waals surface area contributed by atoms with Crippen LogP contribution in [-0.2, 0) is 11.2 Å². The smallest absolute Gasteiger partial charge is 0.308 e. The van der Waals surface area contributed by atoms with Crippen LogP contribution in [0.25, 0.3) is 0 Å². The average Bonchev–Trinajstić information content (AvgIpc) is 2.88. The molecule has 1 saturated heterocycles. The number of rotatable bonds is 2. The first kappa shape index (κ1) is 10.8. The number of carbonyl (C=O) groups is 2. The van der Waals surface area contributed by atoms with E-state index in [4.69, 9.17) is 0 Å². The molecule has 0 bridgehead atoms. The van der Waals surface area contributed by atoms with Gasteiger partial charge in [-0.05, 0) is 29.9 Å². The fourth-order valence-electron chi connectivity index (χ4n) is 2.62. The summed E-state index contributed by atoms with van der Waals surface area (Å²) < 4.78 is 0. The van der Waals surface area contributed by atoms with Crippen LogP contribution in [0.2, 0.25) is 0 Å². The lowest BCUT2D eigenvalue weighted by molar-refractivity contribution is -0.128. The summed E-state index contributed by atoms with van der Waals surface area (Å²) in [7, 11) is 0. The first-order valence-electron chi connectivity index (χ1n) is 5.92. The zero-order valence-corrected chi connectivity index (χ0v) is 10.5. The first-order chi connectivity index (χ1) is 8.24. The van der Waals surface area contributed by atoms with E-state index >= 15 is 0 Å². The molecule has 1 atom stereocenters. The van der Waals surface area contributed by atoms with Gasteiger partial charge in [0.05, 0.1) is 0 Å². The number of fused-ring (bicyclic) bond motifs is 3. The van der Waals surface area contributed by atoms with Gasteiger partial charge in [-0.1, -0.05) is 6.92 Å². The summed E-state index contributed by atoms with van der Waals surface area (Å²) >= 11 is 1.68. The average molecular weight is 250 g/mol. The summed E-state index contributed by atoms with van der Waals surface area (Å²) in [6.07, 6.45) is 1.69. The second kappa shape index (κ2) is 3.84. The van der Waals surface area contributed by atoms with Gasteiger partial charge >= 0.3 is 6.03 Å². The quantitative estimate of drug-likeness (QED) is 0.753. The highest BCUT2D eigenvalue weighted by Crippen LogP contribution is 2.38. The Morgan fingerprint density at radius 1 is 1.47 bits per heavy atom. The minimum atomic E-state index is -0.343. The highest BCUT2D eigenvalue weighted by molar-refractivity contribution is 7.10. The van der Waals surface area contributed by atoms with E-state index in [0.29, 0.717) is 13.1 Å². The highest BCUT2D eigenvalue weighted by Gasteiger charge is 2.47. The molecule has 0 radical (unpaired) electrons. The normalized spacial score (nSPS) is 23.0. The van der Waals surface area contributed by atoms with Gasteiger partial charge in [-0.3, -0.25) is 9.69 Å². The van der Waals surface area contributed by atoms with Crippen LogP contribution >= 0.6 is 11.3 Å². The largest absolute Gasteiger partial charge is 0.327 e. The van der Waals surface area contributed by atoms with E-state index in [-0.39, 0.29) is 18.0 Å². The molecule has 0 aromatic carbocycles. The molecular formula is C12H14N2O2S. The molecular weight excluding hydrogens is 236 g/mol. The summed E-state index contributed by atoms with van der Waals surface area (Å²) in [5, 5.41) is 2.01. The Bertz CT molecular complexity index is 483. The van der Waals surface area contributed by atoms with E-state index in [9.17, 15) is 9.59 Å². The zero-order valence-electron chi connectivity index (χ0n) is 9.68. The number of nitrogens with zero attached hydrogens (tertiary/aromatic N) is 2. The maximum atomic E-state index is 12.3. The zero-order chi connectivity index (χ0) is 12.0. The lowest BCUT2D eigenvalue weighted by Gasteiger charge is -2.26. The van der Waals surface area contributed by atoms with Crippen LogP contribution in [0.3, 0.4) is 0 Å². The minimum Gasteiger partial charge on any atom is -0.308 e. The maximum absolute atomic E-state index is 12.3. The van der Waals surface area contributed by atoms with E-state index < -0.39 is 0 Å². The van der Waals surface area contributed by atoms with Gasteiger partial charge in [0, 0.05) is 18.0 Å². The first-order valence-corrected chi connectivity index (χ1v) is 6.80. The molecule has 4 nitrogen and oxygen atoms in total. The number of imide groups is 1. The standard InChI is InChI=1S/C12H14N2O2S/c1-2-5-14-11(15)10-8-4-7-17-9(8)3-6-13(10)12(14)16/h4,7,10H,2-3,5-6H2,1H3. The van der Waals surface area contributed by atoms with Gasteiger partial charge in [-0.2, -0.15) is 0 Å². The molecule has 90 valence electrons. The Morgan fingerprint density at radius 3 is 3.06 bits per heavy atom. The number of hydrogen-bond acceptors (Lipinski definition) is 3. The SMILES string of the molecule is CCCN1C(=O)C2c3ccsc3CCN2C1=O. The van der Waals surface area contributed by atoms with Gasteiger partial charge in [0.1, 0.15) is 6.04 Å². The Hall–Kier alpha value is -1.36. The van der Waals surface area contributed by atoms with Crippen molar-refractivity contribution in [3.05, 3.63) is 21.9 Å². The van der Waals surface area contributed by atoms with E-state index in [1.165, 1.54) is 9.78 Å². The van der Waals surface area contributed by atoms with Crippen LogP contribution in [0.15, 0.2) is 11.4 Å². The molecule has 1 fully saturated rings. The number of amides is 3. The molecule has 0 aliphatic carbocycles. The van der Waals surface area contributed by atoms with Crippen LogP contribution in [0.1, 0.15) is 29.8 Å². The van der Waals surface area contributed by atoms with E-state index in [1.807, 2.05) is 18.4 Å². The van der Waals surface area contributed by atoms with Crippen LogP contribution < -0.4 is 0 Å². The van der Waals surface area contributed by atoms with E-state index in [1.54, 1.807) is 16.2 Å². The molecule has 0 spiro atoms. The van der Waals surface area contributed by atoms with Gasteiger partial charge in [-0.25, -0.2) is 4.79 Å². The second-order valence-corrected chi connectivity index (χ2v) is 5.42. The summed E-state index contributed by atoms with van der Waals surface area (Å²) in [5.41, 5.74) is 1.04. The monoisotopic (exact) mass is 250 g/mol. The van der Waals surface area contributed by atoms with Crippen molar-refractivity contribution in [3.63, 3.8) is 0 Å². The van der Waals surface area contributed by atoms with Gasteiger partial charge in [0.15, 0.2) is 0 Å². The summed E-state index contributed by atoms with van der Waals surface area (Å²) in [5.74, 6) is -0.0452. The Labute approximate surface area is 104 Å². The third-order valence-corrected chi connectivity index (χ3v) is 4.39.